The molecule has 0 unspecified atom stereocenters. The highest BCUT2D eigenvalue weighted by Gasteiger charge is 2.21. The van der Waals surface area contributed by atoms with Gasteiger partial charge in [0.25, 0.3) is 5.91 Å². The number of amides is 1. The summed E-state index contributed by atoms with van der Waals surface area (Å²) in [5.74, 6) is 0.779. The van der Waals surface area contributed by atoms with Gasteiger partial charge in [-0.25, -0.2) is 8.42 Å². The Morgan fingerprint density at radius 1 is 1.27 bits per heavy atom. The lowest BCUT2D eigenvalue weighted by atomic mass is 10.2. The van der Waals surface area contributed by atoms with Gasteiger partial charge in [0.05, 0.1) is 20.4 Å². The Labute approximate surface area is 177 Å². The van der Waals surface area contributed by atoms with Crippen molar-refractivity contribution < 1.29 is 22.7 Å². The summed E-state index contributed by atoms with van der Waals surface area (Å²) in [7, 11) is -3.49. The van der Waals surface area contributed by atoms with Crippen LogP contribution in [0.15, 0.2) is 58.9 Å². The zero-order chi connectivity index (χ0) is 21.5. The molecule has 0 saturated carbocycles. The molecule has 2 heterocycles. The number of nitrogens with zero attached hydrogens (tertiary/aromatic N) is 2. The summed E-state index contributed by atoms with van der Waals surface area (Å²) in [6, 6.07) is 9.71. The second-order valence-corrected chi connectivity index (χ2v) is 10.5. The van der Waals surface area contributed by atoms with Gasteiger partial charge >= 0.3 is 0 Å². The normalized spacial score (nSPS) is 13.9. The van der Waals surface area contributed by atoms with E-state index in [1.54, 1.807) is 32.1 Å². The minimum atomic E-state index is -3.49. The summed E-state index contributed by atoms with van der Waals surface area (Å²) in [6.45, 7) is 7.63. The van der Waals surface area contributed by atoms with Crippen LogP contribution in [-0.4, -0.2) is 30.9 Å². The van der Waals surface area contributed by atoms with Crippen LogP contribution in [0.5, 0.6) is 11.5 Å². The van der Waals surface area contributed by atoms with Gasteiger partial charge in [-0.15, -0.1) is 6.58 Å². The predicted octanol–water partition coefficient (Wildman–Crippen LogP) is 3.54. The molecular formula is C21H20N2O5S2. The van der Waals surface area contributed by atoms with E-state index in [9.17, 15) is 13.2 Å². The lowest BCUT2D eigenvalue weighted by molar-refractivity contribution is 0.0997. The highest BCUT2D eigenvalue weighted by Crippen LogP contribution is 2.37. The number of thiazole rings is 1. The maximum Gasteiger partial charge on any atom is 0.279 e. The molecule has 0 fully saturated rings. The number of ether oxygens (including phenoxy) is 2. The summed E-state index contributed by atoms with van der Waals surface area (Å²) < 4.78 is 38.5. The minimum Gasteiger partial charge on any atom is -0.454 e. The number of aromatic nitrogens is 1. The lowest BCUT2D eigenvalue weighted by Gasteiger charge is -2.08. The van der Waals surface area contributed by atoms with Crippen LogP contribution in [0.1, 0.15) is 24.2 Å². The van der Waals surface area contributed by atoms with E-state index in [0.29, 0.717) is 22.8 Å². The summed E-state index contributed by atoms with van der Waals surface area (Å²) in [5.41, 5.74) is 1.07. The topological polar surface area (TPSA) is 87.0 Å². The third-order valence-electron chi connectivity index (χ3n) is 4.72. The number of rotatable bonds is 5. The molecule has 1 amide bonds. The van der Waals surface area contributed by atoms with Crippen LogP contribution in [0.4, 0.5) is 0 Å². The van der Waals surface area contributed by atoms with Crippen LogP contribution >= 0.6 is 11.3 Å². The van der Waals surface area contributed by atoms with Crippen LogP contribution in [0.25, 0.3) is 10.2 Å². The van der Waals surface area contributed by atoms with Gasteiger partial charge in [-0.1, -0.05) is 23.5 Å². The number of benzene rings is 2. The van der Waals surface area contributed by atoms with Gasteiger partial charge in [-0.2, -0.15) is 4.99 Å². The Kier molecular flexibility index (Phi) is 5.25. The molecule has 9 heteroatoms. The molecule has 156 valence electrons. The number of sulfone groups is 1. The van der Waals surface area contributed by atoms with Crippen molar-refractivity contribution in [2.24, 2.45) is 4.99 Å². The van der Waals surface area contributed by atoms with Crippen LogP contribution in [0.3, 0.4) is 0 Å². The van der Waals surface area contributed by atoms with Crippen molar-refractivity contribution in [3.63, 3.8) is 0 Å². The number of allylic oxidation sites excluding steroid dienone is 1. The fraction of sp³-hybridized carbons (Fsp3) is 0.238. The summed E-state index contributed by atoms with van der Waals surface area (Å²) in [6.07, 6.45) is 1.72. The van der Waals surface area contributed by atoms with E-state index in [0.717, 1.165) is 10.2 Å². The second-order valence-electron chi connectivity index (χ2n) is 7.00. The molecule has 0 spiro atoms. The van der Waals surface area contributed by atoms with Gasteiger partial charge in [0.1, 0.15) is 0 Å². The first kappa shape index (κ1) is 20.4. The van der Waals surface area contributed by atoms with Crippen molar-refractivity contribution >= 4 is 37.3 Å². The maximum atomic E-state index is 12.9. The van der Waals surface area contributed by atoms with Gasteiger partial charge in [-0.3, -0.25) is 4.79 Å². The molecule has 2 aromatic carbocycles. The molecule has 1 aliphatic heterocycles. The number of carbonyl (C=O) groups is 1. The first-order chi connectivity index (χ1) is 14.3. The third-order valence-corrected chi connectivity index (χ3v) is 7.91. The number of fused-ring (bicyclic) bond motifs is 2. The molecule has 3 aromatic rings. The Hall–Kier alpha value is -2.91. The fourth-order valence-electron chi connectivity index (χ4n) is 3.08. The summed E-state index contributed by atoms with van der Waals surface area (Å²) in [4.78, 5) is 17.7. The number of hydrogen-bond donors (Lipinski definition) is 0. The lowest BCUT2D eigenvalue weighted by Crippen LogP contribution is -2.17. The Bertz CT molecular complexity index is 1330. The first-order valence-corrected chi connectivity index (χ1v) is 11.6. The highest BCUT2D eigenvalue weighted by molar-refractivity contribution is 7.92. The molecule has 30 heavy (non-hydrogen) atoms. The molecule has 1 aromatic heterocycles. The SMILES string of the molecule is C=CCn1c(=NC(=O)c2cccc(S(=O)(=O)C(C)C)c2)sc2cc3c(cc21)OCO3. The first-order valence-electron chi connectivity index (χ1n) is 9.28. The van der Waals surface area contributed by atoms with Gasteiger partial charge in [0.2, 0.25) is 6.79 Å². The Morgan fingerprint density at radius 2 is 2.00 bits per heavy atom. The van der Waals surface area contributed by atoms with Crippen LogP contribution in [0.2, 0.25) is 0 Å². The zero-order valence-electron chi connectivity index (χ0n) is 16.5. The molecule has 0 aliphatic carbocycles. The van der Waals surface area contributed by atoms with E-state index >= 15 is 0 Å². The fourth-order valence-corrected chi connectivity index (χ4v) is 5.23. The summed E-state index contributed by atoms with van der Waals surface area (Å²) in [5, 5.41) is -0.580. The molecule has 0 bridgehead atoms. The van der Waals surface area contributed by atoms with E-state index in [2.05, 4.69) is 11.6 Å². The quantitative estimate of drug-likeness (QED) is 0.562. The van der Waals surface area contributed by atoms with E-state index in [1.165, 1.54) is 23.5 Å². The minimum absolute atomic E-state index is 0.111. The number of hydrogen-bond acceptors (Lipinski definition) is 6. The maximum absolute atomic E-state index is 12.9. The molecule has 1 aliphatic rings. The van der Waals surface area contributed by atoms with Crippen molar-refractivity contribution in [3.8, 4) is 11.5 Å². The van der Waals surface area contributed by atoms with Crippen molar-refractivity contribution in [2.75, 3.05) is 6.79 Å². The molecule has 4 rings (SSSR count). The van der Waals surface area contributed by atoms with Crippen molar-refractivity contribution in [1.82, 2.24) is 4.57 Å². The molecule has 7 nitrogen and oxygen atoms in total. The zero-order valence-corrected chi connectivity index (χ0v) is 18.1. The van der Waals surface area contributed by atoms with Gasteiger partial charge < -0.3 is 14.0 Å². The van der Waals surface area contributed by atoms with E-state index in [4.69, 9.17) is 9.47 Å². The molecular weight excluding hydrogens is 424 g/mol. The van der Waals surface area contributed by atoms with Crippen molar-refractivity contribution in [3.05, 3.63) is 59.4 Å². The van der Waals surface area contributed by atoms with E-state index < -0.39 is 21.0 Å². The summed E-state index contributed by atoms with van der Waals surface area (Å²) >= 11 is 1.34. The Morgan fingerprint density at radius 3 is 2.70 bits per heavy atom. The molecule has 0 N–H and O–H groups in total. The average molecular weight is 445 g/mol. The molecule has 0 radical (unpaired) electrons. The third kappa shape index (κ3) is 3.54. The van der Waals surface area contributed by atoms with Gasteiger partial charge in [0.15, 0.2) is 26.1 Å². The van der Waals surface area contributed by atoms with E-state index in [-0.39, 0.29) is 17.3 Å². The van der Waals surface area contributed by atoms with Crippen LogP contribution in [-0.2, 0) is 16.4 Å². The highest BCUT2D eigenvalue weighted by atomic mass is 32.2. The Balaban J connectivity index is 1.81. The smallest absolute Gasteiger partial charge is 0.279 e. The van der Waals surface area contributed by atoms with Crippen molar-refractivity contribution in [2.45, 2.75) is 30.5 Å². The van der Waals surface area contributed by atoms with Gasteiger partial charge in [-0.05, 0) is 32.0 Å². The van der Waals surface area contributed by atoms with Crippen LogP contribution < -0.4 is 14.3 Å². The largest absolute Gasteiger partial charge is 0.454 e. The average Bonchev–Trinajstić information content (AvgIpc) is 3.30. The monoisotopic (exact) mass is 444 g/mol. The van der Waals surface area contributed by atoms with Gasteiger partial charge in [0, 0.05) is 24.2 Å². The predicted molar refractivity (Wildman–Crippen MR) is 115 cm³/mol. The molecule has 0 saturated heterocycles. The van der Waals surface area contributed by atoms with Crippen LogP contribution in [0, 0.1) is 0 Å². The van der Waals surface area contributed by atoms with E-state index in [1.807, 2.05) is 16.7 Å². The molecule has 0 atom stereocenters. The second kappa shape index (κ2) is 7.73. The number of carbonyl (C=O) groups excluding carboxylic acids is 1. The van der Waals surface area contributed by atoms with Crippen molar-refractivity contribution in [1.29, 1.82) is 0 Å². The standard InChI is InChI=1S/C21H20N2O5S2/c1-4-8-23-16-10-17-18(28-12-27-17)11-19(16)29-21(23)22-20(24)14-6-5-7-15(9-14)30(25,26)13(2)3/h4-7,9-11,13H,1,8,12H2,2-3H3.